The lowest BCUT2D eigenvalue weighted by atomic mass is 10.0. The fraction of sp³-hybridized carbons (Fsp3) is 0.533. The van der Waals surface area contributed by atoms with Gasteiger partial charge in [-0.2, -0.15) is 0 Å². The van der Waals surface area contributed by atoms with Gasteiger partial charge in [0, 0.05) is 6.42 Å². The molecule has 0 bridgehead atoms. The van der Waals surface area contributed by atoms with E-state index in [1.807, 2.05) is 26.0 Å². The molecule has 1 heterocycles. The van der Waals surface area contributed by atoms with Crippen molar-refractivity contribution < 1.29 is 14.4 Å². The number of rotatable bonds is 5. The summed E-state index contributed by atoms with van der Waals surface area (Å²) in [5.74, 6) is -0.902. The maximum Gasteiger partial charge on any atom is 0.249 e. The number of amides is 3. The topological polar surface area (TPSA) is 75.3 Å². The number of carbonyl (C=O) groups excluding carboxylic acids is 3. The van der Waals surface area contributed by atoms with E-state index >= 15 is 0 Å². The fourth-order valence-electron chi connectivity index (χ4n) is 1.92. The Hall–Kier alpha value is -1.91. The molecule has 1 saturated heterocycles. The monoisotopic (exact) mass is 278 g/mol. The molecular formula is C15H22N2O3. The number of allylic oxidation sites excluding steroid dienone is 3. The lowest BCUT2D eigenvalue weighted by Crippen LogP contribution is -2.52. The Balaban J connectivity index is 2.55. The second kappa shape index (κ2) is 7.62. The van der Waals surface area contributed by atoms with Gasteiger partial charge in [-0.3, -0.25) is 19.7 Å². The van der Waals surface area contributed by atoms with Crippen molar-refractivity contribution >= 4 is 17.7 Å². The molecule has 3 amide bonds. The van der Waals surface area contributed by atoms with Crippen molar-refractivity contribution in [2.45, 2.75) is 52.5 Å². The van der Waals surface area contributed by atoms with E-state index in [1.165, 1.54) is 5.57 Å². The highest BCUT2D eigenvalue weighted by atomic mass is 16.2. The number of carbonyl (C=O) groups is 3. The number of piperidine rings is 1. The van der Waals surface area contributed by atoms with Crippen LogP contribution >= 0.6 is 0 Å². The van der Waals surface area contributed by atoms with Gasteiger partial charge in [0.1, 0.15) is 6.04 Å². The van der Waals surface area contributed by atoms with E-state index in [-0.39, 0.29) is 24.7 Å². The van der Waals surface area contributed by atoms with E-state index in [1.54, 1.807) is 0 Å². The fourth-order valence-corrected chi connectivity index (χ4v) is 1.92. The molecule has 0 radical (unpaired) electrons. The lowest BCUT2D eigenvalue weighted by molar-refractivity contribution is -0.137. The van der Waals surface area contributed by atoms with Crippen LogP contribution in [0.1, 0.15) is 46.5 Å². The predicted octanol–water partition coefficient (Wildman–Crippen LogP) is 1.60. The summed E-state index contributed by atoms with van der Waals surface area (Å²) in [6.45, 7) is 5.96. The van der Waals surface area contributed by atoms with Gasteiger partial charge >= 0.3 is 0 Å². The Morgan fingerprint density at radius 3 is 2.70 bits per heavy atom. The molecule has 1 unspecified atom stereocenters. The minimum atomic E-state index is -0.602. The Morgan fingerprint density at radius 2 is 2.15 bits per heavy atom. The van der Waals surface area contributed by atoms with Crippen molar-refractivity contribution in [1.82, 2.24) is 10.6 Å². The van der Waals surface area contributed by atoms with E-state index < -0.39 is 11.9 Å². The van der Waals surface area contributed by atoms with Crippen molar-refractivity contribution in [3.63, 3.8) is 0 Å². The lowest BCUT2D eigenvalue weighted by Gasteiger charge is -2.21. The molecule has 1 rings (SSSR count). The standard InChI is InChI=1S/C15H22N2O3/c1-4-10(3)8-11(5-2)9-14(19)16-12-6-7-13(18)17-15(12)20/h5,8,12H,4,6-7,9H2,1-3H3,(H,16,19)(H,17,18,20)/b10-8-,11-5+. The van der Waals surface area contributed by atoms with Crippen molar-refractivity contribution in [2.24, 2.45) is 0 Å². The highest BCUT2D eigenvalue weighted by Crippen LogP contribution is 2.11. The number of hydrogen-bond acceptors (Lipinski definition) is 3. The van der Waals surface area contributed by atoms with E-state index in [9.17, 15) is 14.4 Å². The van der Waals surface area contributed by atoms with Crippen LogP contribution in [-0.2, 0) is 14.4 Å². The molecule has 0 aromatic carbocycles. The quantitative estimate of drug-likeness (QED) is 0.592. The van der Waals surface area contributed by atoms with E-state index in [2.05, 4.69) is 17.6 Å². The van der Waals surface area contributed by atoms with Gasteiger partial charge in [0.2, 0.25) is 17.7 Å². The van der Waals surface area contributed by atoms with Gasteiger partial charge < -0.3 is 5.32 Å². The van der Waals surface area contributed by atoms with E-state index in [4.69, 9.17) is 0 Å². The third kappa shape index (κ3) is 4.99. The van der Waals surface area contributed by atoms with Gasteiger partial charge in [-0.05, 0) is 32.3 Å². The minimum absolute atomic E-state index is 0.201. The van der Waals surface area contributed by atoms with Crippen molar-refractivity contribution in [2.75, 3.05) is 0 Å². The molecule has 1 aliphatic rings. The van der Waals surface area contributed by atoms with Gasteiger partial charge in [0.25, 0.3) is 0 Å². The van der Waals surface area contributed by atoms with Gasteiger partial charge in [-0.15, -0.1) is 0 Å². The summed E-state index contributed by atoms with van der Waals surface area (Å²) in [5, 5.41) is 4.90. The molecular weight excluding hydrogens is 256 g/mol. The smallest absolute Gasteiger partial charge is 0.249 e. The van der Waals surface area contributed by atoms with Crippen LogP contribution in [0.4, 0.5) is 0 Å². The molecule has 0 aromatic rings. The van der Waals surface area contributed by atoms with Crippen LogP contribution in [0.5, 0.6) is 0 Å². The first-order chi connectivity index (χ1) is 9.46. The second-order valence-corrected chi connectivity index (χ2v) is 4.96. The van der Waals surface area contributed by atoms with Gasteiger partial charge in [0.15, 0.2) is 0 Å². The Labute approximate surface area is 119 Å². The second-order valence-electron chi connectivity index (χ2n) is 4.96. The Morgan fingerprint density at radius 1 is 1.45 bits per heavy atom. The normalized spacial score (nSPS) is 20.6. The number of imide groups is 1. The van der Waals surface area contributed by atoms with Crippen LogP contribution < -0.4 is 10.6 Å². The van der Waals surface area contributed by atoms with E-state index in [0.717, 1.165) is 12.0 Å². The zero-order chi connectivity index (χ0) is 15.1. The molecule has 0 aliphatic carbocycles. The first-order valence-electron chi connectivity index (χ1n) is 6.91. The molecule has 5 nitrogen and oxygen atoms in total. The third-order valence-corrected chi connectivity index (χ3v) is 3.30. The molecule has 1 atom stereocenters. The third-order valence-electron chi connectivity index (χ3n) is 3.30. The summed E-state index contributed by atoms with van der Waals surface area (Å²) in [4.78, 5) is 34.5. The number of hydrogen-bond donors (Lipinski definition) is 2. The predicted molar refractivity (Wildman–Crippen MR) is 76.7 cm³/mol. The summed E-state index contributed by atoms with van der Waals surface area (Å²) in [6.07, 6.45) is 5.69. The molecule has 2 N–H and O–H groups in total. The van der Waals surface area contributed by atoms with Gasteiger partial charge in [0.05, 0.1) is 6.42 Å². The molecule has 0 aromatic heterocycles. The average molecular weight is 278 g/mol. The van der Waals surface area contributed by atoms with Gasteiger partial charge in [-0.1, -0.05) is 24.6 Å². The maximum absolute atomic E-state index is 11.9. The van der Waals surface area contributed by atoms with Crippen molar-refractivity contribution in [3.05, 3.63) is 23.3 Å². The van der Waals surface area contributed by atoms with Crippen LogP contribution in [0.2, 0.25) is 0 Å². The number of nitrogens with one attached hydrogen (secondary N) is 2. The average Bonchev–Trinajstić information content (AvgIpc) is 2.41. The summed E-state index contributed by atoms with van der Waals surface area (Å²) in [5.41, 5.74) is 2.13. The minimum Gasteiger partial charge on any atom is -0.344 e. The first kappa shape index (κ1) is 16.1. The molecule has 0 saturated carbocycles. The molecule has 5 heteroatoms. The van der Waals surface area contributed by atoms with Crippen molar-refractivity contribution in [3.8, 4) is 0 Å². The van der Waals surface area contributed by atoms with Crippen LogP contribution in [0.25, 0.3) is 0 Å². The highest BCUT2D eigenvalue weighted by molar-refractivity contribution is 6.01. The highest BCUT2D eigenvalue weighted by Gasteiger charge is 2.27. The van der Waals surface area contributed by atoms with Crippen LogP contribution in [-0.4, -0.2) is 23.8 Å². The summed E-state index contributed by atoms with van der Waals surface area (Å²) in [6, 6.07) is -0.602. The molecule has 1 aliphatic heterocycles. The van der Waals surface area contributed by atoms with Crippen LogP contribution in [0, 0.1) is 0 Å². The molecule has 1 fully saturated rings. The largest absolute Gasteiger partial charge is 0.344 e. The zero-order valence-corrected chi connectivity index (χ0v) is 12.3. The summed E-state index contributed by atoms with van der Waals surface area (Å²) < 4.78 is 0. The van der Waals surface area contributed by atoms with E-state index in [0.29, 0.717) is 6.42 Å². The zero-order valence-electron chi connectivity index (χ0n) is 12.3. The Bertz CT molecular complexity index is 464. The van der Waals surface area contributed by atoms with Crippen LogP contribution in [0.3, 0.4) is 0 Å². The first-order valence-corrected chi connectivity index (χ1v) is 6.91. The van der Waals surface area contributed by atoms with Gasteiger partial charge in [-0.25, -0.2) is 0 Å². The van der Waals surface area contributed by atoms with Crippen molar-refractivity contribution in [1.29, 1.82) is 0 Å². The SMILES string of the molecule is C/C=C(\C=C(\C)CC)CC(=O)NC1CCC(=O)NC1=O. The molecule has 0 spiro atoms. The van der Waals surface area contributed by atoms with Crippen LogP contribution in [0.15, 0.2) is 23.3 Å². The summed E-state index contributed by atoms with van der Waals surface area (Å²) >= 11 is 0. The molecule has 20 heavy (non-hydrogen) atoms. The maximum atomic E-state index is 11.9. The summed E-state index contributed by atoms with van der Waals surface area (Å²) in [7, 11) is 0. The molecule has 110 valence electrons. The Kier molecular flexibility index (Phi) is 6.15.